The number of carbonyl (C=O) groups excluding carboxylic acids is 2. The van der Waals surface area contributed by atoms with Crippen LogP contribution in [-0.4, -0.2) is 40.0 Å². The Labute approximate surface area is 185 Å². The summed E-state index contributed by atoms with van der Waals surface area (Å²) < 4.78 is 6.67. The Morgan fingerprint density at radius 1 is 1.16 bits per heavy atom. The first kappa shape index (κ1) is 21.5. The fraction of sp³-hybridized carbons (Fsp3) is 0.333. The van der Waals surface area contributed by atoms with Gasteiger partial charge in [-0.3, -0.25) is 14.4 Å². The molecule has 0 aliphatic carbocycles. The number of fused-ring (bicyclic) bond motifs is 1. The molecule has 1 aromatic carbocycles. The first-order valence-electron chi connectivity index (χ1n) is 10.8. The molecule has 166 valence electrons. The van der Waals surface area contributed by atoms with E-state index in [4.69, 9.17) is 4.52 Å². The zero-order valence-corrected chi connectivity index (χ0v) is 18.0. The lowest BCUT2D eigenvalue weighted by Crippen LogP contribution is -2.41. The first-order valence-corrected chi connectivity index (χ1v) is 10.8. The van der Waals surface area contributed by atoms with Gasteiger partial charge in [0.15, 0.2) is 0 Å². The molecule has 0 unspecified atom stereocenters. The van der Waals surface area contributed by atoms with Crippen molar-refractivity contribution in [1.29, 1.82) is 0 Å². The van der Waals surface area contributed by atoms with Crippen LogP contribution in [0.2, 0.25) is 0 Å². The van der Waals surface area contributed by atoms with Crippen molar-refractivity contribution >= 4 is 11.8 Å². The Balaban J connectivity index is 1.57. The van der Waals surface area contributed by atoms with Crippen LogP contribution < -0.4 is 10.9 Å². The van der Waals surface area contributed by atoms with Gasteiger partial charge in [0.25, 0.3) is 11.5 Å². The van der Waals surface area contributed by atoms with Crippen LogP contribution in [0.3, 0.4) is 0 Å². The van der Waals surface area contributed by atoms with Crippen LogP contribution in [0.25, 0.3) is 0 Å². The highest BCUT2D eigenvalue weighted by Gasteiger charge is 2.27. The van der Waals surface area contributed by atoms with Gasteiger partial charge in [0.2, 0.25) is 5.91 Å². The maximum atomic E-state index is 13.1. The van der Waals surface area contributed by atoms with Crippen LogP contribution in [0.15, 0.2) is 58.1 Å². The second kappa shape index (κ2) is 9.64. The van der Waals surface area contributed by atoms with E-state index in [2.05, 4.69) is 10.5 Å². The quantitative estimate of drug-likeness (QED) is 0.613. The molecule has 8 heteroatoms. The predicted molar refractivity (Wildman–Crippen MR) is 118 cm³/mol. The summed E-state index contributed by atoms with van der Waals surface area (Å²) in [5.74, 6) is 0.299. The number of nitrogens with zero attached hydrogens (tertiary/aromatic N) is 3. The molecule has 0 atom stereocenters. The molecule has 0 saturated carbocycles. The third kappa shape index (κ3) is 4.64. The fourth-order valence-corrected chi connectivity index (χ4v) is 4.10. The van der Waals surface area contributed by atoms with Gasteiger partial charge in [-0.2, -0.15) is 0 Å². The SMILES string of the molecule is CNC(=O)c1c2c(cn(CCc3ccccc3)c1=O)CN(C(=O)CCc1ccno1)CC2. The van der Waals surface area contributed by atoms with Crippen LogP contribution in [-0.2, 0) is 37.1 Å². The van der Waals surface area contributed by atoms with E-state index in [0.717, 1.165) is 16.7 Å². The van der Waals surface area contributed by atoms with Crippen LogP contribution in [0.4, 0.5) is 0 Å². The van der Waals surface area contributed by atoms with Crippen molar-refractivity contribution in [3.8, 4) is 0 Å². The van der Waals surface area contributed by atoms with E-state index < -0.39 is 0 Å². The lowest BCUT2D eigenvalue weighted by molar-refractivity contribution is -0.132. The lowest BCUT2D eigenvalue weighted by atomic mass is 9.95. The van der Waals surface area contributed by atoms with Crippen molar-refractivity contribution in [3.63, 3.8) is 0 Å². The molecule has 1 aliphatic heterocycles. The van der Waals surface area contributed by atoms with Crippen molar-refractivity contribution in [1.82, 2.24) is 19.9 Å². The van der Waals surface area contributed by atoms with Gasteiger partial charge >= 0.3 is 0 Å². The standard InChI is InChI=1S/C24H26N4O4/c1-25-23(30)22-20-11-14-27(21(29)8-7-19-9-12-26-32-19)15-18(20)16-28(24(22)31)13-10-17-5-3-2-4-6-17/h2-6,9,12,16H,7-8,10-11,13-15H2,1H3,(H,25,30). The Hall–Kier alpha value is -3.68. The van der Waals surface area contributed by atoms with Gasteiger partial charge in [0, 0.05) is 51.8 Å². The third-order valence-corrected chi connectivity index (χ3v) is 5.84. The normalized spacial score (nSPS) is 13.0. The van der Waals surface area contributed by atoms with Crippen LogP contribution >= 0.6 is 0 Å². The molecular formula is C24H26N4O4. The second-order valence-corrected chi connectivity index (χ2v) is 7.87. The van der Waals surface area contributed by atoms with Crippen LogP contribution in [0, 0.1) is 0 Å². The number of hydrogen-bond donors (Lipinski definition) is 1. The molecule has 0 spiro atoms. The van der Waals surface area contributed by atoms with Crippen LogP contribution in [0.1, 0.15) is 39.2 Å². The molecule has 0 fully saturated rings. The second-order valence-electron chi connectivity index (χ2n) is 7.87. The summed E-state index contributed by atoms with van der Waals surface area (Å²) in [4.78, 5) is 40.2. The van der Waals surface area contributed by atoms with E-state index >= 15 is 0 Å². The van der Waals surface area contributed by atoms with Gasteiger partial charge in [0.1, 0.15) is 11.3 Å². The number of benzene rings is 1. The number of rotatable bonds is 7. The van der Waals surface area contributed by atoms with Crippen molar-refractivity contribution < 1.29 is 14.1 Å². The Bertz CT molecular complexity index is 1150. The van der Waals surface area contributed by atoms with Crippen molar-refractivity contribution in [3.05, 3.63) is 87.2 Å². The maximum Gasteiger partial charge on any atom is 0.263 e. The molecule has 32 heavy (non-hydrogen) atoms. The monoisotopic (exact) mass is 434 g/mol. The van der Waals surface area contributed by atoms with E-state index in [1.807, 2.05) is 36.5 Å². The lowest BCUT2D eigenvalue weighted by Gasteiger charge is -2.30. The summed E-state index contributed by atoms with van der Waals surface area (Å²) in [6, 6.07) is 11.6. The highest BCUT2D eigenvalue weighted by atomic mass is 16.5. The Morgan fingerprint density at radius 2 is 1.97 bits per heavy atom. The van der Waals surface area contributed by atoms with E-state index in [1.54, 1.807) is 21.7 Å². The smallest absolute Gasteiger partial charge is 0.263 e. The number of aryl methyl sites for hydroxylation is 3. The number of amides is 2. The maximum absolute atomic E-state index is 13.1. The molecule has 0 bridgehead atoms. The largest absolute Gasteiger partial charge is 0.361 e. The van der Waals surface area contributed by atoms with E-state index in [9.17, 15) is 14.4 Å². The van der Waals surface area contributed by atoms with Gasteiger partial charge < -0.3 is 19.3 Å². The summed E-state index contributed by atoms with van der Waals surface area (Å²) in [5.41, 5.74) is 2.60. The Morgan fingerprint density at radius 3 is 2.69 bits per heavy atom. The predicted octanol–water partition coefficient (Wildman–Crippen LogP) is 1.96. The minimum atomic E-state index is -0.384. The molecule has 2 amide bonds. The van der Waals surface area contributed by atoms with Gasteiger partial charge in [-0.25, -0.2) is 0 Å². The average Bonchev–Trinajstić information content (AvgIpc) is 3.35. The summed E-state index contributed by atoms with van der Waals surface area (Å²) in [6.45, 7) is 1.31. The first-order chi connectivity index (χ1) is 15.6. The number of pyridine rings is 1. The molecule has 8 nitrogen and oxygen atoms in total. The number of aromatic nitrogens is 2. The minimum Gasteiger partial charge on any atom is -0.361 e. The molecule has 2 aromatic heterocycles. The highest BCUT2D eigenvalue weighted by molar-refractivity contribution is 5.95. The number of hydrogen-bond acceptors (Lipinski definition) is 5. The summed E-state index contributed by atoms with van der Waals surface area (Å²) >= 11 is 0. The van der Waals surface area contributed by atoms with E-state index in [1.165, 1.54) is 7.05 Å². The van der Waals surface area contributed by atoms with E-state index in [0.29, 0.717) is 51.1 Å². The third-order valence-electron chi connectivity index (χ3n) is 5.84. The minimum absolute atomic E-state index is 0.00980. The van der Waals surface area contributed by atoms with Crippen molar-refractivity contribution in [2.45, 2.75) is 38.8 Å². The molecule has 0 saturated heterocycles. The Kier molecular flexibility index (Phi) is 6.49. The molecule has 1 N–H and O–H groups in total. The molecule has 0 radical (unpaired) electrons. The highest BCUT2D eigenvalue weighted by Crippen LogP contribution is 2.22. The van der Waals surface area contributed by atoms with Crippen molar-refractivity contribution in [2.24, 2.45) is 0 Å². The molecular weight excluding hydrogens is 408 g/mol. The fourth-order valence-electron chi connectivity index (χ4n) is 4.10. The zero-order chi connectivity index (χ0) is 22.5. The van der Waals surface area contributed by atoms with Gasteiger partial charge in [0.05, 0.1) is 6.20 Å². The van der Waals surface area contributed by atoms with Gasteiger partial charge in [-0.05, 0) is 29.5 Å². The van der Waals surface area contributed by atoms with Crippen molar-refractivity contribution in [2.75, 3.05) is 13.6 Å². The average molecular weight is 434 g/mol. The van der Waals surface area contributed by atoms with E-state index in [-0.39, 0.29) is 22.9 Å². The number of carbonyl (C=O) groups is 2. The topological polar surface area (TPSA) is 97.4 Å². The number of nitrogens with one attached hydrogen (secondary N) is 1. The van der Waals surface area contributed by atoms with Crippen LogP contribution in [0.5, 0.6) is 0 Å². The zero-order valence-electron chi connectivity index (χ0n) is 18.0. The summed E-state index contributed by atoms with van der Waals surface area (Å²) in [6.07, 6.45) is 5.32. The van der Waals surface area contributed by atoms with Gasteiger partial charge in [-0.15, -0.1) is 0 Å². The molecule has 3 aromatic rings. The summed E-state index contributed by atoms with van der Waals surface area (Å²) in [5, 5.41) is 6.26. The van der Waals surface area contributed by atoms with Gasteiger partial charge in [-0.1, -0.05) is 35.5 Å². The molecule has 1 aliphatic rings. The molecule has 3 heterocycles. The summed E-state index contributed by atoms with van der Waals surface area (Å²) in [7, 11) is 1.53. The molecule has 4 rings (SSSR count).